The Hall–Kier alpha value is -4.89. The average Bonchev–Trinajstić information content (AvgIpc) is 3.31. The second-order valence-electron chi connectivity index (χ2n) is 8.69. The number of aromatic hydroxyl groups is 1. The number of amides is 2. The molecule has 2 aromatic rings. The predicted octanol–water partition coefficient (Wildman–Crippen LogP) is -1.18. The molecule has 0 saturated carbocycles. The first-order valence-electron chi connectivity index (χ1n) is 11.1. The predicted molar refractivity (Wildman–Crippen MR) is 140 cm³/mol. The van der Waals surface area contributed by atoms with Gasteiger partial charge in [-0.1, -0.05) is 5.16 Å². The zero-order valence-electron chi connectivity index (χ0n) is 21.1. The summed E-state index contributed by atoms with van der Waals surface area (Å²) in [5, 5.41) is 31.6. The highest BCUT2D eigenvalue weighted by atomic mass is 32.2. The molecule has 0 spiro atoms. The van der Waals surface area contributed by atoms with Crippen molar-refractivity contribution >= 4 is 56.0 Å². The third-order valence-corrected chi connectivity index (χ3v) is 7.04. The molecule has 0 aliphatic carbocycles. The molecule has 1 aliphatic heterocycles. The second-order valence-corrected chi connectivity index (χ2v) is 10.9. The number of hydrogen-bond donors (Lipinski definition) is 8. The Bertz CT molecular complexity index is 1610. The Kier molecular flexibility index (Phi) is 8.74. The van der Waals surface area contributed by atoms with Gasteiger partial charge >= 0.3 is 16.3 Å². The number of carboxylic acids is 1. The van der Waals surface area contributed by atoms with Gasteiger partial charge in [-0.15, -0.1) is 11.3 Å². The molecule has 2 aromatic heterocycles. The molecule has 41 heavy (non-hydrogen) atoms. The molecule has 3 rings (SSSR count). The third kappa shape index (κ3) is 6.82. The van der Waals surface area contributed by atoms with E-state index in [1.807, 2.05) is 0 Å². The molecule has 220 valence electrons. The van der Waals surface area contributed by atoms with Crippen molar-refractivity contribution < 1.29 is 42.4 Å². The zero-order valence-corrected chi connectivity index (χ0v) is 22.7. The van der Waals surface area contributed by atoms with E-state index in [9.17, 15) is 42.4 Å². The SMILES string of the molecule is CC(C)(O/N=C(\C(=O)N[C@@H]1C(=O)N(S(=O)(=O)O)[C@@H]1CN/C=C(\N=N)c1cc(=O)c(O)c[nH]1)c1csc(N)n1)C(=O)O. The van der Waals surface area contributed by atoms with Crippen molar-refractivity contribution in [1.82, 2.24) is 24.9 Å². The largest absolute Gasteiger partial charge is 0.503 e. The summed E-state index contributed by atoms with van der Waals surface area (Å²) in [6, 6.07) is -2.02. The van der Waals surface area contributed by atoms with Gasteiger partial charge in [0.2, 0.25) is 11.0 Å². The van der Waals surface area contributed by atoms with Crippen molar-refractivity contribution in [3.05, 3.63) is 45.5 Å². The van der Waals surface area contributed by atoms with Crippen LogP contribution < -0.4 is 21.8 Å². The number of aromatic nitrogens is 2. The monoisotopic (exact) mass is 613 g/mol. The lowest BCUT2D eigenvalue weighted by Gasteiger charge is -2.44. The summed E-state index contributed by atoms with van der Waals surface area (Å²) in [5.41, 5.74) is 9.40. The summed E-state index contributed by atoms with van der Waals surface area (Å²) < 4.78 is 33.3. The number of oxime groups is 1. The molecule has 1 fully saturated rings. The highest BCUT2D eigenvalue weighted by molar-refractivity contribution is 7.84. The summed E-state index contributed by atoms with van der Waals surface area (Å²) in [6.45, 7) is 1.88. The van der Waals surface area contributed by atoms with Gasteiger partial charge in [0, 0.05) is 30.4 Å². The van der Waals surface area contributed by atoms with Crippen LogP contribution in [0, 0.1) is 5.53 Å². The van der Waals surface area contributed by atoms with E-state index in [1.165, 1.54) is 5.38 Å². The van der Waals surface area contributed by atoms with Crippen molar-refractivity contribution in [2.75, 3.05) is 12.3 Å². The van der Waals surface area contributed by atoms with Crippen LogP contribution in [0.4, 0.5) is 5.13 Å². The molecule has 1 aliphatic rings. The molecule has 3 heterocycles. The Labute approximate surface area is 234 Å². The lowest BCUT2D eigenvalue weighted by molar-refractivity contribution is -0.161. The molecular weight excluding hydrogens is 590 g/mol. The maximum atomic E-state index is 13.1. The van der Waals surface area contributed by atoms with E-state index in [2.05, 4.69) is 30.9 Å². The normalized spacial score (nSPS) is 17.9. The lowest BCUT2D eigenvalue weighted by Crippen LogP contribution is -2.74. The highest BCUT2D eigenvalue weighted by Crippen LogP contribution is 2.24. The third-order valence-electron chi connectivity index (χ3n) is 5.42. The number of hydrogen-bond acceptors (Lipinski definition) is 15. The fourth-order valence-corrected chi connectivity index (χ4v) is 4.66. The molecule has 0 radical (unpaired) electrons. The molecule has 0 unspecified atom stereocenters. The molecule has 9 N–H and O–H groups in total. The number of thiazole rings is 1. The summed E-state index contributed by atoms with van der Waals surface area (Å²) in [7, 11) is -5.07. The first-order chi connectivity index (χ1) is 19.1. The van der Waals surface area contributed by atoms with E-state index in [4.69, 9.17) is 16.1 Å². The minimum absolute atomic E-state index is 0.00384. The quantitative estimate of drug-likeness (QED) is 0.0460. The van der Waals surface area contributed by atoms with Crippen LogP contribution in [0.5, 0.6) is 5.75 Å². The van der Waals surface area contributed by atoms with Crippen LogP contribution >= 0.6 is 11.3 Å². The van der Waals surface area contributed by atoms with Gasteiger partial charge < -0.3 is 36.4 Å². The standard InChI is InChI=1S/C20H23N9O10S2/c1-20(2,18(34)35)39-28-14(10-7-40-19(21)25-10)16(32)26-15-11(29(17(15)33)41(36,37)38)5-23-4-9(27-22)8-3-12(30)13(31)6-24-8/h3-4,6-7,11,15,22-23,31H,5H2,1-2H3,(H2,21,25)(H,24,30)(H,26,32)(H,34,35)(H,36,37,38)/b9-4-,27-22?,28-14-/t11-,15+/m1/s1. The Morgan fingerprint density at radius 3 is 2.61 bits per heavy atom. The number of aliphatic carboxylic acids is 1. The van der Waals surface area contributed by atoms with Gasteiger partial charge in [-0.05, 0) is 13.8 Å². The number of aromatic amines is 1. The second kappa shape index (κ2) is 11.7. The number of carboxylic acid groups (broad SMARTS) is 1. The summed E-state index contributed by atoms with van der Waals surface area (Å²) >= 11 is 0.919. The van der Waals surface area contributed by atoms with Crippen molar-refractivity contribution in [2.24, 2.45) is 10.3 Å². The van der Waals surface area contributed by atoms with Crippen LogP contribution in [0.2, 0.25) is 0 Å². The number of nitrogens with one attached hydrogen (secondary N) is 4. The van der Waals surface area contributed by atoms with Gasteiger partial charge in [0.25, 0.3) is 11.8 Å². The molecule has 0 bridgehead atoms. The van der Waals surface area contributed by atoms with Crippen molar-refractivity contribution in [3.63, 3.8) is 0 Å². The molecular formula is C20H23N9O10S2. The first-order valence-corrected chi connectivity index (χ1v) is 13.4. The van der Waals surface area contributed by atoms with Gasteiger partial charge in [0.05, 0.1) is 11.7 Å². The van der Waals surface area contributed by atoms with Crippen LogP contribution in [-0.4, -0.2) is 85.2 Å². The number of H-pyrrole nitrogens is 1. The number of carbonyl (C=O) groups is 3. The number of carbonyl (C=O) groups excluding carboxylic acids is 2. The van der Waals surface area contributed by atoms with E-state index in [0.717, 1.165) is 43.6 Å². The van der Waals surface area contributed by atoms with E-state index >= 15 is 0 Å². The molecule has 21 heteroatoms. The maximum Gasteiger partial charge on any atom is 0.362 e. The smallest absolute Gasteiger partial charge is 0.362 e. The van der Waals surface area contributed by atoms with Crippen LogP contribution in [0.1, 0.15) is 25.2 Å². The fourth-order valence-electron chi connectivity index (χ4n) is 3.23. The van der Waals surface area contributed by atoms with E-state index < -0.39 is 69.2 Å². The number of rotatable bonds is 12. The first kappa shape index (κ1) is 30.6. The number of pyridine rings is 1. The van der Waals surface area contributed by atoms with Gasteiger partial charge in [0.15, 0.2) is 16.6 Å². The van der Waals surface area contributed by atoms with E-state index in [0.29, 0.717) is 0 Å². The summed E-state index contributed by atoms with van der Waals surface area (Å²) in [6.07, 6.45) is 2.04. The highest BCUT2D eigenvalue weighted by Gasteiger charge is 2.54. The lowest BCUT2D eigenvalue weighted by atomic mass is 9.98. The van der Waals surface area contributed by atoms with Crippen LogP contribution in [0.3, 0.4) is 0 Å². The molecule has 2 atom stereocenters. The van der Waals surface area contributed by atoms with Gasteiger partial charge in [-0.2, -0.15) is 13.5 Å². The van der Waals surface area contributed by atoms with Gasteiger partial charge in [-0.3, -0.25) is 18.9 Å². The minimum Gasteiger partial charge on any atom is -0.503 e. The van der Waals surface area contributed by atoms with Crippen molar-refractivity contribution in [1.29, 1.82) is 5.53 Å². The minimum atomic E-state index is -5.07. The molecule has 1 saturated heterocycles. The Morgan fingerprint density at radius 1 is 1.39 bits per heavy atom. The maximum absolute atomic E-state index is 13.1. The molecule has 0 aromatic carbocycles. The summed E-state index contributed by atoms with van der Waals surface area (Å²) in [4.78, 5) is 60.2. The Morgan fingerprint density at radius 2 is 2.07 bits per heavy atom. The fraction of sp³-hybridized carbons (Fsp3) is 0.300. The number of anilines is 1. The summed E-state index contributed by atoms with van der Waals surface area (Å²) in [5.74, 6) is -4.32. The molecule has 19 nitrogen and oxygen atoms in total. The number of nitrogens with zero attached hydrogens (tertiary/aromatic N) is 4. The van der Waals surface area contributed by atoms with Gasteiger partial charge in [-0.25, -0.2) is 19.6 Å². The number of nitrogen functional groups attached to an aromatic ring is 1. The van der Waals surface area contributed by atoms with Crippen molar-refractivity contribution in [2.45, 2.75) is 31.5 Å². The average molecular weight is 614 g/mol. The van der Waals surface area contributed by atoms with E-state index in [-0.39, 0.29) is 26.5 Å². The molecule has 2 amide bonds. The zero-order chi connectivity index (χ0) is 30.7. The van der Waals surface area contributed by atoms with Crippen LogP contribution in [-0.2, 0) is 29.5 Å². The van der Waals surface area contributed by atoms with Crippen molar-refractivity contribution in [3.8, 4) is 5.75 Å². The number of β-lactam (4-membered cyclic amide) rings is 1. The van der Waals surface area contributed by atoms with Gasteiger partial charge in [0.1, 0.15) is 17.4 Å². The van der Waals surface area contributed by atoms with Crippen LogP contribution in [0.25, 0.3) is 5.70 Å². The van der Waals surface area contributed by atoms with E-state index in [1.54, 1.807) is 0 Å². The topological polar surface area (TPSA) is 303 Å². The van der Waals surface area contributed by atoms with Crippen LogP contribution in [0.15, 0.2) is 38.9 Å². The Balaban J connectivity index is 1.86. The number of nitrogens with two attached hydrogens (primary N) is 1.